The zero-order chi connectivity index (χ0) is 14.3. The first-order valence-electron chi connectivity index (χ1n) is 6.16. The molecule has 0 saturated carbocycles. The van der Waals surface area contributed by atoms with Crippen LogP contribution in [0.3, 0.4) is 0 Å². The van der Waals surface area contributed by atoms with Crippen molar-refractivity contribution in [1.29, 1.82) is 5.26 Å². The Morgan fingerprint density at radius 1 is 1.35 bits per heavy atom. The first-order valence-corrected chi connectivity index (χ1v) is 6.98. The third kappa shape index (κ3) is 2.02. The molecule has 1 aromatic carbocycles. The number of aromatic nitrogens is 3. The van der Waals surface area contributed by atoms with E-state index in [-0.39, 0.29) is 0 Å². The van der Waals surface area contributed by atoms with Crippen molar-refractivity contribution in [2.45, 2.75) is 13.8 Å². The van der Waals surface area contributed by atoms with Gasteiger partial charge in [-0.25, -0.2) is 4.98 Å². The molecule has 0 radical (unpaired) electrons. The number of nitriles is 1. The Labute approximate surface area is 120 Å². The molecule has 0 saturated heterocycles. The Balaban J connectivity index is 2.03. The van der Waals surface area contributed by atoms with Crippen molar-refractivity contribution >= 4 is 32.5 Å². The molecule has 0 aliphatic rings. The van der Waals surface area contributed by atoms with Gasteiger partial charge in [-0.2, -0.15) is 10.4 Å². The number of aryl methyl sites for hydroxylation is 3. The fraction of sp³-hybridized carbons (Fsp3) is 0.214. The molecule has 20 heavy (non-hydrogen) atoms. The van der Waals surface area contributed by atoms with Crippen LogP contribution in [0.4, 0.5) is 10.9 Å². The molecule has 1 N–H and O–H groups in total. The van der Waals surface area contributed by atoms with Gasteiger partial charge in [-0.3, -0.25) is 4.68 Å². The fourth-order valence-corrected chi connectivity index (χ4v) is 3.09. The molecule has 0 aliphatic carbocycles. The summed E-state index contributed by atoms with van der Waals surface area (Å²) in [6.07, 6.45) is 0. The highest BCUT2D eigenvalue weighted by molar-refractivity contribution is 7.22. The van der Waals surface area contributed by atoms with Crippen LogP contribution in [0, 0.1) is 25.2 Å². The van der Waals surface area contributed by atoms with E-state index in [1.54, 1.807) is 16.0 Å². The summed E-state index contributed by atoms with van der Waals surface area (Å²) in [7, 11) is 1.81. The highest BCUT2D eigenvalue weighted by Gasteiger charge is 2.14. The van der Waals surface area contributed by atoms with Crippen molar-refractivity contribution in [2.75, 3.05) is 5.32 Å². The molecule has 0 unspecified atom stereocenters. The lowest BCUT2D eigenvalue weighted by Gasteiger charge is -2.02. The lowest BCUT2D eigenvalue weighted by Crippen LogP contribution is -1.99. The molecule has 0 aliphatic heterocycles. The molecule has 6 heteroatoms. The number of rotatable bonds is 2. The van der Waals surface area contributed by atoms with Crippen LogP contribution in [-0.2, 0) is 7.05 Å². The van der Waals surface area contributed by atoms with Crippen molar-refractivity contribution in [3.8, 4) is 6.07 Å². The molecule has 3 rings (SSSR count). The highest BCUT2D eigenvalue weighted by atomic mass is 32.1. The predicted octanol–water partition coefficient (Wildman–Crippen LogP) is 3.26. The standard InChI is InChI=1S/C14H13N5S/c1-8-4-5-11-12(6-8)20-14(16-11)17-13-10(7-15)9(2)18-19(13)3/h4-6H,1-3H3,(H,16,17). The minimum absolute atomic E-state index is 0.558. The van der Waals surface area contributed by atoms with E-state index < -0.39 is 0 Å². The molecule has 2 aromatic heterocycles. The summed E-state index contributed by atoms with van der Waals surface area (Å²) in [4.78, 5) is 4.53. The van der Waals surface area contributed by atoms with Crippen LogP contribution >= 0.6 is 11.3 Å². The summed E-state index contributed by atoms with van der Waals surface area (Å²) in [6, 6.07) is 8.34. The van der Waals surface area contributed by atoms with Gasteiger partial charge >= 0.3 is 0 Å². The van der Waals surface area contributed by atoms with Gasteiger partial charge in [-0.15, -0.1) is 0 Å². The summed E-state index contributed by atoms with van der Waals surface area (Å²) in [5.41, 5.74) is 3.44. The Hall–Kier alpha value is -2.39. The second-order valence-electron chi connectivity index (χ2n) is 4.66. The van der Waals surface area contributed by atoms with E-state index in [2.05, 4.69) is 34.5 Å². The number of hydrogen-bond acceptors (Lipinski definition) is 5. The number of thiazole rings is 1. The first kappa shape index (κ1) is 12.6. The Morgan fingerprint density at radius 3 is 2.90 bits per heavy atom. The molecular formula is C14H13N5S. The number of fused-ring (bicyclic) bond motifs is 1. The van der Waals surface area contributed by atoms with Crippen molar-refractivity contribution in [1.82, 2.24) is 14.8 Å². The number of nitrogens with one attached hydrogen (secondary N) is 1. The van der Waals surface area contributed by atoms with Gasteiger partial charge in [0.25, 0.3) is 0 Å². The molecule has 0 atom stereocenters. The van der Waals surface area contributed by atoms with E-state index in [9.17, 15) is 5.26 Å². The first-order chi connectivity index (χ1) is 9.58. The maximum Gasteiger partial charge on any atom is 0.189 e. The monoisotopic (exact) mass is 283 g/mol. The summed E-state index contributed by atoms with van der Waals surface area (Å²) in [6.45, 7) is 3.88. The number of benzene rings is 1. The summed E-state index contributed by atoms with van der Waals surface area (Å²) >= 11 is 1.57. The third-order valence-electron chi connectivity index (χ3n) is 3.10. The van der Waals surface area contributed by atoms with Gasteiger partial charge in [0.15, 0.2) is 5.13 Å². The van der Waals surface area contributed by atoms with Gasteiger partial charge in [-0.1, -0.05) is 17.4 Å². The molecule has 3 aromatic rings. The molecule has 0 fully saturated rings. The van der Waals surface area contributed by atoms with Gasteiger partial charge < -0.3 is 5.32 Å². The highest BCUT2D eigenvalue weighted by Crippen LogP contribution is 2.30. The predicted molar refractivity (Wildman–Crippen MR) is 80.3 cm³/mol. The zero-order valence-electron chi connectivity index (χ0n) is 11.4. The third-order valence-corrected chi connectivity index (χ3v) is 4.04. The van der Waals surface area contributed by atoms with Crippen molar-refractivity contribution in [3.05, 3.63) is 35.0 Å². The maximum atomic E-state index is 9.21. The van der Waals surface area contributed by atoms with Crippen LogP contribution in [0.25, 0.3) is 10.2 Å². The molecular weight excluding hydrogens is 270 g/mol. The fourth-order valence-electron chi connectivity index (χ4n) is 2.12. The number of anilines is 2. The normalized spacial score (nSPS) is 10.7. The lowest BCUT2D eigenvalue weighted by molar-refractivity contribution is 0.765. The summed E-state index contributed by atoms with van der Waals surface area (Å²) in [5, 5.41) is 17.4. The Bertz CT molecular complexity index is 837. The van der Waals surface area contributed by atoms with Crippen molar-refractivity contribution in [3.63, 3.8) is 0 Å². The molecule has 100 valence electrons. The summed E-state index contributed by atoms with van der Waals surface area (Å²) < 4.78 is 2.80. The van der Waals surface area contributed by atoms with Crippen molar-refractivity contribution < 1.29 is 0 Å². The smallest absolute Gasteiger partial charge is 0.189 e. The minimum atomic E-state index is 0.558. The van der Waals surface area contributed by atoms with E-state index in [1.165, 1.54) is 5.56 Å². The van der Waals surface area contributed by atoms with E-state index in [0.29, 0.717) is 11.4 Å². The number of nitrogens with zero attached hydrogens (tertiary/aromatic N) is 4. The summed E-state index contributed by atoms with van der Waals surface area (Å²) in [5.74, 6) is 0.681. The SMILES string of the molecule is Cc1ccc2nc(Nc3c(C#N)c(C)nn3C)sc2c1. The van der Waals surface area contributed by atoms with Gasteiger partial charge in [0.1, 0.15) is 17.5 Å². The quantitative estimate of drug-likeness (QED) is 0.784. The van der Waals surface area contributed by atoms with Gasteiger partial charge in [-0.05, 0) is 31.5 Å². The van der Waals surface area contributed by atoms with E-state index in [4.69, 9.17) is 0 Å². The van der Waals surface area contributed by atoms with E-state index in [0.717, 1.165) is 21.0 Å². The van der Waals surface area contributed by atoms with Crippen LogP contribution in [0.2, 0.25) is 0 Å². The van der Waals surface area contributed by atoms with Gasteiger partial charge in [0.05, 0.1) is 15.9 Å². The Morgan fingerprint density at radius 2 is 2.15 bits per heavy atom. The van der Waals surface area contributed by atoms with Gasteiger partial charge in [0.2, 0.25) is 0 Å². The average molecular weight is 283 g/mol. The van der Waals surface area contributed by atoms with Gasteiger partial charge in [0, 0.05) is 7.05 Å². The second-order valence-corrected chi connectivity index (χ2v) is 5.69. The largest absolute Gasteiger partial charge is 0.315 e. The van der Waals surface area contributed by atoms with Crippen LogP contribution in [0.5, 0.6) is 0 Å². The topological polar surface area (TPSA) is 66.5 Å². The van der Waals surface area contributed by atoms with Crippen LogP contribution in [-0.4, -0.2) is 14.8 Å². The van der Waals surface area contributed by atoms with E-state index >= 15 is 0 Å². The van der Waals surface area contributed by atoms with Crippen LogP contribution < -0.4 is 5.32 Å². The lowest BCUT2D eigenvalue weighted by atomic mass is 10.2. The molecule has 0 spiro atoms. The molecule has 0 amide bonds. The van der Waals surface area contributed by atoms with Crippen LogP contribution in [0.15, 0.2) is 18.2 Å². The zero-order valence-corrected chi connectivity index (χ0v) is 12.2. The molecule has 0 bridgehead atoms. The van der Waals surface area contributed by atoms with Crippen molar-refractivity contribution in [2.24, 2.45) is 7.05 Å². The Kier molecular flexibility index (Phi) is 2.92. The minimum Gasteiger partial charge on any atom is -0.315 e. The molecule has 5 nitrogen and oxygen atoms in total. The van der Waals surface area contributed by atoms with Crippen LogP contribution in [0.1, 0.15) is 16.8 Å². The van der Waals surface area contributed by atoms with E-state index in [1.807, 2.05) is 26.1 Å². The maximum absolute atomic E-state index is 9.21. The second kappa shape index (κ2) is 4.62. The average Bonchev–Trinajstić information content (AvgIpc) is 2.90. The molecule has 2 heterocycles. The number of hydrogen-bond donors (Lipinski definition) is 1.